The third-order valence-corrected chi connectivity index (χ3v) is 6.87. The van der Waals surface area contributed by atoms with Crippen molar-refractivity contribution in [2.75, 3.05) is 12.4 Å². The molecule has 2 N–H and O–H groups in total. The lowest BCUT2D eigenvalue weighted by atomic mass is 10.0. The number of carbonyl (C=O) groups is 4. The molecule has 0 fully saturated rings. The van der Waals surface area contributed by atoms with Crippen molar-refractivity contribution < 1.29 is 29.0 Å². The van der Waals surface area contributed by atoms with E-state index < -0.39 is 48.6 Å². The molecule has 3 rings (SSSR count). The average molecular weight is 508 g/mol. The van der Waals surface area contributed by atoms with E-state index in [1.54, 1.807) is 18.7 Å². The van der Waals surface area contributed by atoms with Crippen LogP contribution in [0.1, 0.15) is 24.5 Å². The van der Waals surface area contributed by atoms with Crippen LogP contribution in [-0.4, -0.2) is 47.1 Å². The molecule has 0 aliphatic heterocycles. The summed E-state index contributed by atoms with van der Waals surface area (Å²) in [4.78, 5) is 48.9. The lowest BCUT2D eigenvalue weighted by Crippen LogP contribution is -2.46. The van der Waals surface area contributed by atoms with E-state index in [0.717, 1.165) is 27.7 Å². The fourth-order valence-electron chi connectivity index (χ4n) is 3.64. The fourth-order valence-corrected chi connectivity index (χ4v) is 4.69. The molecule has 7 nitrogen and oxygen atoms in total. The fraction of sp³-hybridized carbons (Fsp3) is 0.286. The smallest absolute Gasteiger partial charge is 0.310 e. The van der Waals surface area contributed by atoms with Gasteiger partial charge in [-0.05, 0) is 21.9 Å². The highest BCUT2D eigenvalue weighted by Crippen LogP contribution is 2.19. The third kappa shape index (κ3) is 8.23. The number of ketones is 1. The summed E-state index contributed by atoms with van der Waals surface area (Å²) in [5.41, 5.74) is 1.90. The molecule has 2 unspecified atom stereocenters. The molecule has 3 aromatic rings. The quantitative estimate of drug-likeness (QED) is 0.336. The van der Waals surface area contributed by atoms with Gasteiger partial charge in [0, 0.05) is 17.4 Å². The van der Waals surface area contributed by atoms with Gasteiger partial charge < -0.3 is 15.2 Å². The van der Waals surface area contributed by atoms with E-state index in [2.05, 4.69) is 5.32 Å². The van der Waals surface area contributed by atoms with Crippen LogP contribution in [-0.2, 0) is 36.1 Å². The highest BCUT2D eigenvalue weighted by atomic mass is 32.2. The molecular weight excluding hydrogens is 478 g/mol. The highest BCUT2D eigenvalue weighted by molar-refractivity contribution is 7.98. The van der Waals surface area contributed by atoms with Crippen molar-refractivity contribution in [1.82, 2.24) is 5.32 Å². The van der Waals surface area contributed by atoms with Crippen LogP contribution in [0.15, 0.2) is 72.8 Å². The second kappa shape index (κ2) is 13.4. The van der Waals surface area contributed by atoms with Crippen molar-refractivity contribution >= 4 is 46.2 Å². The molecule has 2 atom stereocenters. The maximum Gasteiger partial charge on any atom is 0.310 e. The summed E-state index contributed by atoms with van der Waals surface area (Å²) in [7, 11) is 0. The van der Waals surface area contributed by atoms with Gasteiger partial charge in [0.05, 0.1) is 12.8 Å². The van der Waals surface area contributed by atoms with E-state index in [1.807, 2.05) is 72.8 Å². The second-order valence-electron chi connectivity index (χ2n) is 8.50. The van der Waals surface area contributed by atoms with E-state index in [-0.39, 0.29) is 6.42 Å². The number of hydrogen-bond donors (Lipinski definition) is 2. The van der Waals surface area contributed by atoms with Crippen LogP contribution in [0.2, 0.25) is 0 Å². The maximum absolute atomic E-state index is 12.6. The van der Waals surface area contributed by atoms with Gasteiger partial charge in [-0.25, -0.2) is 0 Å². The lowest BCUT2D eigenvalue weighted by molar-refractivity contribution is -0.148. The molecule has 0 bridgehead atoms. The summed E-state index contributed by atoms with van der Waals surface area (Å²) >= 11 is 1.58. The van der Waals surface area contributed by atoms with Gasteiger partial charge >= 0.3 is 11.9 Å². The van der Waals surface area contributed by atoms with Crippen molar-refractivity contribution in [1.29, 1.82) is 0 Å². The number of carboxylic acid groups (broad SMARTS) is 1. The zero-order chi connectivity index (χ0) is 25.9. The third-order valence-electron chi connectivity index (χ3n) is 5.60. The monoisotopic (exact) mass is 507 g/mol. The minimum absolute atomic E-state index is 0.0275. The van der Waals surface area contributed by atoms with Crippen LogP contribution in [0.4, 0.5) is 0 Å². The largest absolute Gasteiger partial charge is 0.481 e. The zero-order valence-electron chi connectivity index (χ0n) is 20.0. The van der Waals surface area contributed by atoms with Crippen LogP contribution < -0.4 is 5.32 Å². The van der Waals surface area contributed by atoms with Crippen LogP contribution in [0, 0.1) is 5.92 Å². The van der Waals surface area contributed by atoms with Gasteiger partial charge in [0.15, 0.2) is 12.4 Å². The number of nitrogens with one attached hydrogen (secondary N) is 1. The first-order valence-corrected chi connectivity index (χ1v) is 12.8. The number of fused-ring (bicyclic) bond motifs is 1. The first-order chi connectivity index (χ1) is 17.3. The minimum atomic E-state index is -1.28. The molecule has 0 saturated heterocycles. The number of esters is 1. The number of aliphatic carboxylic acids is 1. The Morgan fingerprint density at radius 3 is 2.39 bits per heavy atom. The number of rotatable bonds is 13. The molecule has 8 heteroatoms. The summed E-state index contributed by atoms with van der Waals surface area (Å²) in [6, 6.07) is 21.8. The number of amides is 1. The molecule has 0 aliphatic carbocycles. The number of hydrogen-bond acceptors (Lipinski definition) is 6. The number of ether oxygens (including phenoxy) is 1. The molecular formula is C28H29NO6S. The number of carboxylic acids is 1. The van der Waals surface area contributed by atoms with Crippen molar-refractivity contribution in [2.24, 2.45) is 5.92 Å². The Morgan fingerprint density at radius 1 is 0.944 bits per heavy atom. The normalized spacial score (nSPS) is 12.5. The van der Waals surface area contributed by atoms with Crippen LogP contribution in [0.5, 0.6) is 0 Å². The minimum Gasteiger partial charge on any atom is -0.481 e. The van der Waals surface area contributed by atoms with Gasteiger partial charge in [0.25, 0.3) is 0 Å². The first kappa shape index (κ1) is 26.9. The average Bonchev–Trinajstić information content (AvgIpc) is 2.87. The van der Waals surface area contributed by atoms with Crippen LogP contribution in [0.3, 0.4) is 0 Å². The van der Waals surface area contributed by atoms with E-state index >= 15 is 0 Å². The SMILES string of the molecule is CC(CSCc1ccccc1)C(=O)NC(CC(=O)O)C(=O)COC(=O)Cc1cccc2ccccc12. The maximum atomic E-state index is 12.6. The van der Waals surface area contributed by atoms with Crippen LogP contribution >= 0.6 is 11.8 Å². The molecule has 0 saturated carbocycles. The summed E-state index contributed by atoms with van der Waals surface area (Å²) < 4.78 is 5.14. The number of Topliss-reactive ketones (excluding diaryl/α,β-unsaturated/α-hetero) is 1. The Hall–Kier alpha value is -3.65. The molecule has 188 valence electrons. The lowest BCUT2D eigenvalue weighted by Gasteiger charge is -2.19. The Bertz CT molecular complexity index is 1210. The Morgan fingerprint density at radius 2 is 1.64 bits per heavy atom. The number of benzene rings is 3. The highest BCUT2D eigenvalue weighted by Gasteiger charge is 2.26. The molecule has 0 spiro atoms. The molecule has 3 aromatic carbocycles. The molecule has 0 aromatic heterocycles. The Balaban J connectivity index is 1.50. The van der Waals surface area contributed by atoms with Gasteiger partial charge in [-0.2, -0.15) is 11.8 Å². The molecule has 0 heterocycles. The van der Waals surface area contributed by atoms with Crippen LogP contribution in [0.25, 0.3) is 10.8 Å². The van der Waals surface area contributed by atoms with Gasteiger partial charge in [-0.3, -0.25) is 19.2 Å². The molecule has 0 aliphatic rings. The van der Waals surface area contributed by atoms with E-state index in [0.29, 0.717) is 5.75 Å². The van der Waals surface area contributed by atoms with E-state index in [4.69, 9.17) is 4.74 Å². The summed E-state index contributed by atoms with van der Waals surface area (Å²) in [5, 5.41) is 13.6. The van der Waals surface area contributed by atoms with Gasteiger partial charge in [-0.15, -0.1) is 0 Å². The predicted molar refractivity (Wildman–Crippen MR) is 140 cm³/mol. The standard InChI is InChI=1S/C28H29NO6S/c1-19(17-36-18-20-8-3-2-4-9-20)28(34)29-24(15-26(31)32)25(30)16-35-27(33)14-22-12-7-11-21-10-5-6-13-23(21)22/h2-13,19,24H,14-18H2,1H3,(H,29,34)(H,31,32). The van der Waals surface area contributed by atoms with Gasteiger partial charge in [0.2, 0.25) is 5.91 Å². The van der Waals surface area contributed by atoms with Gasteiger partial charge in [-0.1, -0.05) is 79.7 Å². The number of thioether (sulfide) groups is 1. The Labute approximate surface area is 214 Å². The molecule has 1 amide bonds. The summed E-state index contributed by atoms with van der Waals surface area (Å²) in [6.45, 7) is 1.11. The first-order valence-electron chi connectivity index (χ1n) is 11.6. The molecule has 36 heavy (non-hydrogen) atoms. The summed E-state index contributed by atoms with van der Waals surface area (Å²) in [5.74, 6) is -2.11. The van der Waals surface area contributed by atoms with Crippen molar-refractivity contribution in [3.63, 3.8) is 0 Å². The summed E-state index contributed by atoms with van der Waals surface area (Å²) in [6.07, 6.45) is -0.615. The molecule has 0 radical (unpaired) electrons. The van der Waals surface area contributed by atoms with E-state index in [1.165, 1.54) is 0 Å². The van der Waals surface area contributed by atoms with Crippen molar-refractivity contribution in [3.05, 3.63) is 83.9 Å². The van der Waals surface area contributed by atoms with Crippen molar-refractivity contribution in [2.45, 2.75) is 31.6 Å². The second-order valence-corrected chi connectivity index (χ2v) is 9.53. The Kier molecular flexibility index (Phi) is 10.1. The van der Waals surface area contributed by atoms with Crippen molar-refractivity contribution in [3.8, 4) is 0 Å². The predicted octanol–water partition coefficient (Wildman–Crippen LogP) is 4.02. The number of carbonyl (C=O) groups excluding carboxylic acids is 3. The zero-order valence-corrected chi connectivity index (χ0v) is 20.8. The van der Waals surface area contributed by atoms with E-state index in [9.17, 15) is 24.3 Å². The van der Waals surface area contributed by atoms with Gasteiger partial charge in [0.1, 0.15) is 6.04 Å². The topological polar surface area (TPSA) is 110 Å².